The summed E-state index contributed by atoms with van der Waals surface area (Å²) in [6.45, 7) is 5.80. The van der Waals surface area contributed by atoms with E-state index in [2.05, 4.69) is 16.0 Å². The molecule has 1 heterocycles. The summed E-state index contributed by atoms with van der Waals surface area (Å²) in [4.78, 5) is 36.2. The Balaban J connectivity index is 1.74. The van der Waals surface area contributed by atoms with Crippen LogP contribution in [0.5, 0.6) is 0 Å². The van der Waals surface area contributed by atoms with Gasteiger partial charge in [-0.15, -0.1) is 0 Å². The first-order valence-electron chi connectivity index (χ1n) is 9.35. The summed E-state index contributed by atoms with van der Waals surface area (Å²) in [5.74, 6) is -0.382. The van der Waals surface area contributed by atoms with Crippen LogP contribution in [0, 0.1) is 0 Å². The van der Waals surface area contributed by atoms with Gasteiger partial charge in [0.25, 0.3) is 11.8 Å². The van der Waals surface area contributed by atoms with Crippen LogP contribution in [0.3, 0.4) is 0 Å². The Morgan fingerprint density at radius 1 is 1.07 bits per heavy atom. The molecule has 0 radical (unpaired) electrons. The molecule has 0 aromatic heterocycles. The molecule has 1 aliphatic heterocycles. The molecule has 1 aromatic rings. The summed E-state index contributed by atoms with van der Waals surface area (Å²) < 4.78 is 5.49. The highest BCUT2D eigenvalue weighted by molar-refractivity contribution is 5.92. The number of nitrogens with one attached hydrogen (secondary N) is 4. The summed E-state index contributed by atoms with van der Waals surface area (Å²) in [6, 6.07) is 6.90. The Bertz CT molecular complexity index is 642. The van der Waals surface area contributed by atoms with Gasteiger partial charge in [0.05, 0.1) is 12.6 Å². The van der Waals surface area contributed by atoms with Crippen LogP contribution >= 0.6 is 0 Å². The highest BCUT2D eigenvalue weighted by Crippen LogP contribution is 2.13. The number of rotatable bonds is 9. The maximum Gasteiger partial charge on any atom is 0.279 e. The van der Waals surface area contributed by atoms with Crippen molar-refractivity contribution in [3.8, 4) is 0 Å². The number of anilines is 2. The predicted octanol–water partition coefficient (Wildman–Crippen LogP) is -0.216. The molecule has 4 N–H and O–H groups in total. The monoisotopic (exact) mass is 377 g/mol. The van der Waals surface area contributed by atoms with Crippen LogP contribution in [0.4, 0.5) is 11.4 Å². The first-order valence-corrected chi connectivity index (χ1v) is 9.35. The van der Waals surface area contributed by atoms with Gasteiger partial charge in [0.15, 0.2) is 13.1 Å². The third kappa shape index (κ3) is 7.76. The average molecular weight is 377 g/mol. The third-order valence-electron chi connectivity index (χ3n) is 4.36. The van der Waals surface area contributed by atoms with Gasteiger partial charge in [0, 0.05) is 31.5 Å². The fourth-order valence-electron chi connectivity index (χ4n) is 2.91. The number of carbonyl (C=O) groups excluding carboxylic acids is 3. The molecule has 1 fully saturated rings. The molecule has 2 atom stereocenters. The Kier molecular flexibility index (Phi) is 8.22. The molecular formula is C19H29N4O4+. The van der Waals surface area contributed by atoms with E-state index < -0.39 is 0 Å². The molecule has 8 nitrogen and oxygen atoms in total. The van der Waals surface area contributed by atoms with Gasteiger partial charge in [-0.3, -0.25) is 14.4 Å². The van der Waals surface area contributed by atoms with Crippen LogP contribution in [0.1, 0.15) is 26.7 Å². The molecule has 1 aliphatic rings. The second-order valence-corrected chi connectivity index (χ2v) is 6.70. The van der Waals surface area contributed by atoms with E-state index in [0.717, 1.165) is 24.3 Å². The fraction of sp³-hybridized carbons (Fsp3) is 0.526. The fourth-order valence-corrected chi connectivity index (χ4v) is 2.91. The molecule has 0 saturated carbocycles. The largest absolute Gasteiger partial charge is 0.376 e. The van der Waals surface area contributed by atoms with Gasteiger partial charge in [-0.25, -0.2) is 0 Å². The van der Waals surface area contributed by atoms with E-state index in [4.69, 9.17) is 4.74 Å². The third-order valence-corrected chi connectivity index (χ3v) is 4.36. The van der Waals surface area contributed by atoms with Crippen LogP contribution in [-0.2, 0) is 19.1 Å². The van der Waals surface area contributed by atoms with Crippen LogP contribution in [0.15, 0.2) is 24.3 Å². The zero-order valence-corrected chi connectivity index (χ0v) is 16.0. The molecule has 0 bridgehead atoms. The van der Waals surface area contributed by atoms with Crippen molar-refractivity contribution in [2.24, 2.45) is 0 Å². The van der Waals surface area contributed by atoms with Crippen LogP contribution in [0.2, 0.25) is 0 Å². The normalized spacial score (nSPS) is 17.2. The lowest BCUT2D eigenvalue weighted by Gasteiger charge is -2.18. The highest BCUT2D eigenvalue weighted by atomic mass is 16.5. The standard InChI is InChI=1S/C19H28N4O4/c1-3-23(12-18(25)20-11-17-5-4-10-27-17)13-19(26)22-16-8-6-15(7-9-16)21-14(2)24/h6-9,17H,3-5,10-13H2,1-2H3,(H,20,25)(H,21,24)(H,22,26)/p+1/t17-/m1/s1. The van der Waals surface area contributed by atoms with Crippen LogP contribution in [0.25, 0.3) is 0 Å². The predicted molar refractivity (Wildman–Crippen MR) is 103 cm³/mol. The van der Waals surface area contributed by atoms with Crippen molar-refractivity contribution in [2.45, 2.75) is 32.8 Å². The summed E-state index contributed by atoms with van der Waals surface area (Å²) in [7, 11) is 0. The number of benzene rings is 1. The van der Waals surface area contributed by atoms with Crippen molar-refractivity contribution in [3.63, 3.8) is 0 Å². The number of hydrogen-bond acceptors (Lipinski definition) is 4. The number of ether oxygens (including phenoxy) is 1. The van der Waals surface area contributed by atoms with Gasteiger partial charge < -0.3 is 25.6 Å². The van der Waals surface area contributed by atoms with Crippen LogP contribution < -0.4 is 20.9 Å². The van der Waals surface area contributed by atoms with Gasteiger partial charge in [0.2, 0.25) is 5.91 Å². The van der Waals surface area contributed by atoms with E-state index in [1.165, 1.54) is 6.92 Å². The summed E-state index contributed by atoms with van der Waals surface area (Å²) in [5.41, 5.74) is 1.32. The maximum absolute atomic E-state index is 12.2. The van der Waals surface area contributed by atoms with Crippen molar-refractivity contribution in [1.29, 1.82) is 0 Å². The van der Waals surface area contributed by atoms with Crippen LogP contribution in [-0.4, -0.2) is 56.6 Å². The molecule has 1 unspecified atom stereocenters. The van der Waals surface area contributed by atoms with Crippen molar-refractivity contribution >= 4 is 29.1 Å². The lowest BCUT2D eigenvalue weighted by Crippen LogP contribution is -3.14. The Labute approximate surface area is 159 Å². The second kappa shape index (κ2) is 10.6. The smallest absolute Gasteiger partial charge is 0.279 e. The Morgan fingerprint density at radius 3 is 2.26 bits per heavy atom. The summed E-state index contributed by atoms with van der Waals surface area (Å²) in [5, 5.41) is 8.37. The first-order chi connectivity index (χ1) is 13.0. The maximum atomic E-state index is 12.2. The second-order valence-electron chi connectivity index (χ2n) is 6.70. The minimum atomic E-state index is -0.161. The van der Waals surface area contributed by atoms with E-state index in [-0.39, 0.29) is 36.9 Å². The molecule has 0 aliphatic carbocycles. The zero-order valence-electron chi connectivity index (χ0n) is 16.0. The first kappa shape index (κ1) is 20.9. The lowest BCUT2D eigenvalue weighted by atomic mass is 10.2. The SMILES string of the molecule is CC[NH+](CC(=O)NC[C@H]1CCCO1)CC(=O)Nc1ccc(NC(C)=O)cc1. The molecule has 2 rings (SSSR count). The average Bonchev–Trinajstić information content (AvgIpc) is 3.14. The minimum Gasteiger partial charge on any atom is -0.376 e. The molecule has 3 amide bonds. The molecule has 1 aromatic carbocycles. The number of hydrogen-bond donors (Lipinski definition) is 4. The highest BCUT2D eigenvalue weighted by Gasteiger charge is 2.19. The molecule has 27 heavy (non-hydrogen) atoms. The van der Waals surface area contributed by atoms with E-state index in [9.17, 15) is 14.4 Å². The summed E-state index contributed by atoms with van der Waals surface area (Å²) >= 11 is 0. The molecule has 1 saturated heterocycles. The zero-order chi connectivity index (χ0) is 19.6. The number of carbonyl (C=O) groups is 3. The molecule has 148 valence electrons. The van der Waals surface area contributed by atoms with E-state index in [1.54, 1.807) is 24.3 Å². The number of amides is 3. The molecule has 0 spiro atoms. The van der Waals surface area contributed by atoms with E-state index in [0.29, 0.717) is 24.5 Å². The number of likely N-dealkylation sites (N-methyl/N-ethyl adjacent to an activating group) is 1. The topological polar surface area (TPSA) is 101 Å². The Morgan fingerprint density at radius 2 is 1.70 bits per heavy atom. The Hall–Kier alpha value is -2.45. The quantitative estimate of drug-likeness (QED) is 0.478. The van der Waals surface area contributed by atoms with E-state index >= 15 is 0 Å². The van der Waals surface area contributed by atoms with Gasteiger partial charge in [0.1, 0.15) is 0 Å². The molecule has 8 heteroatoms. The van der Waals surface area contributed by atoms with Gasteiger partial charge >= 0.3 is 0 Å². The summed E-state index contributed by atoms with van der Waals surface area (Å²) in [6.07, 6.45) is 2.13. The number of quaternary nitrogens is 1. The van der Waals surface area contributed by atoms with Gasteiger partial charge in [-0.1, -0.05) is 0 Å². The van der Waals surface area contributed by atoms with Gasteiger partial charge in [-0.2, -0.15) is 0 Å². The molecular weight excluding hydrogens is 348 g/mol. The van der Waals surface area contributed by atoms with Gasteiger partial charge in [-0.05, 0) is 44.0 Å². The van der Waals surface area contributed by atoms with Crippen molar-refractivity contribution in [3.05, 3.63) is 24.3 Å². The lowest BCUT2D eigenvalue weighted by molar-refractivity contribution is -0.881. The van der Waals surface area contributed by atoms with E-state index in [1.807, 2.05) is 6.92 Å². The van der Waals surface area contributed by atoms with Crippen molar-refractivity contribution in [1.82, 2.24) is 5.32 Å². The van der Waals surface area contributed by atoms with Crippen molar-refractivity contribution in [2.75, 3.05) is 43.4 Å². The van der Waals surface area contributed by atoms with Crippen molar-refractivity contribution < 1.29 is 24.0 Å². The minimum absolute atomic E-state index is 0.0742.